The van der Waals surface area contributed by atoms with Gasteiger partial charge in [-0.2, -0.15) is 5.10 Å². The first-order chi connectivity index (χ1) is 8.96. The van der Waals surface area contributed by atoms with Crippen LogP contribution in [0.3, 0.4) is 0 Å². The molecule has 19 heavy (non-hydrogen) atoms. The lowest BCUT2D eigenvalue weighted by Crippen LogP contribution is -2.30. The molecule has 1 atom stereocenters. The summed E-state index contributed by atoms with van der Waals surface area (Å²) in [4.78, 5) is 4.22. The molecule has 1 aliphatic rings. The number of rotatable bonds is 2. The van der Waals surface area contributed by atoms with E-state index in [1.165, 1.54) is 17.0 Å². The van der Waals surface area contributed by atoms with E-state index in [0.717, 1.165) is 25.2 Å². The number of fused-ring (bicyclic) bond motifs is 1. The molecule has 2 aromatic heterocycles. The Hall–Kier alpha value is -1.62. The Morgan fingerprint density at radius 2 is 2.32 bits per heavy atom. The summed E-state index contributed by atoms with van der Waals surface area (Å²) >= 11 is 0. The monoisotopic (exact) mass is 259 g/mol. The molecule has 0 spiro atoms. The van der Waals surface area contributed by atoms with Crippen molar-refractivity contribution in [1.82, 2.24) is 19.7 Å². The number of nitrogens with one attached hydrogen (secondary N) is 1. The fourth-order valence-corrected chi connectivity index (χ4v) is 3.18. The van der Waals surface area contributed by atoms with E-state index >= 15 is 0 Å². The van der Waals surface area contributed by atoms with Crippen LogP contribution in [0.25, 0.3) is 0 Å². The molecule has 0 amide bonds. The standard InChI is InChI=1S/C14H21N5/c1-9-4-10-11(15)5-14(2,3)6-12(10)19(9)7-13-16-8-17-18-13/h4,8,11H,5-7,15H2,1-3H3,(H,16,17,18). The molecule has 2 heterocycles. The summed E-state index contributed by atoms with van der Waals surface area (Å²) in [5.41, 5.74) is 10.5. The zero-order chi connectivity index (χ0) is 13.6. The fraction of sp³-hybridized carbons (Fsp3) is 0.571. The van der Waals surface area contributed by atoms with E-state index in [2.05, 4.69) is 46.6 Å². The lowest BCUT2D eigenvalue weighted by molar-refractivity contribution is 0.275. The van der Waals surface area contributed by atoms with Gasteiger partial charge in [-0.1, -0.05) is 13.8 Å². The van der Waals surface area contributed by atoms with Crippen LogP contribution in [0.5, 0.6) is 0 Å². The largest absolute Gasteiger partial charge is 0.341 e. The van der Waals surface area contributed by atoms with E-state index in [1.54, 1.807) is 6.33 Å². The summed E-state index contributed by atoms with van der Waals surface area (Å²) in [5.74, 6) is 0.887. The van der Waals surface area contributed by atoms with E-state index < -0.39 is 0 Å². The SMILES string of the molecule is Cc1cc2c(n1Cc1ncn[nH]1)CC(C)(C)CC2N. The Kier molecular flexibility index (Phi) is 2.74. The van der Waals surface area contributed by atoms with Crippen molar-refractivity contribution in [3.05, 3.63) is 35.2 Å². The van der Waals surface area contributed by atoms with Gasteiger partial charge in [-0.05, 0) is 36.8 Å². The minimum Gasteiger partial charge on any atom is -0.341 e. The van der Waals surface area contributed by atoms with Crippen molar-refractivity contribution < 1.29 is 0 Å². The van der Waals surface area contributed by atoms with Crippen molar-refractivity contribution in [2.75, 3.05) is 0 Å². The van der Waals surface area contributed by atoms with Crippen molar-refractivity contribution in [3.63, 3.8) is 0 Å². The third-order valence-electron chi connectivity index (χ3n) is 4.04. The van der Waals surface area contributed by atoms with E-state index in [0.29, 0.717) is 0 Å². The Balaban J connectivity index is 2.02. The highest BCUT2D eigenvalue weighted by molar-refractivity contribution is 5.34. The van der Waals surface area contributed by atoms with Crippen molar-refractivity contribution in [2.45, 2.75) is 46.2 Å². The topological polar surface area (TPSA) is 72.5 Å². The molecule has 0 aliphatic heterocycles. The average Bonchev–Trinajstić information content (AvgIpc) is 2.90. The zero-order valence-corrected chi connectivity index (χ0v) is 11.8. The zero-order valence-electron chi connectivity index (χ0n) is 11.8. The second-order valence-electron chi connectivity index (χ2n) is 6.36. The van der Waals surface area contributed by atoms with Gasteiger partial charge in [0.15, 0.2) is 0 Å². The second-order valence-corrected chi connectivity index (χ2v) is 6.36. The van der Waals surface area contributed by atoms with Gasteiger partial charge in [0.1, 0.15) is 12.2 Å². The number of hydrogen-bond donors (Lipinski definition) is 2. The molecule has 1 aliphatic carbocycles. The third-order valence-corrected chi connectivity index (χ3v) is 4.04. The molecule has 1 unspecified atom stereocenters. The van der Waals surface area contributed by atoms with Gasteiger partial charge in [-0.3, -0.25) is 5.10 Å². The van der Waals surface area contributed by atoms with Gasteiger partial charge >= 0.3 is 0 Å². The lowest BCUT2D eigenvalue weighted by atomic mass is 9.74. The minimum atomic E-state index is 0.147. The fourth-order valence-electron chi connectivity index (χ4n) is 3.18. The normalized spacial score (nSPS) is 21.4. The molecule has 5 heteroatoms. The van der Waals surface area contributed by atoms with Gasteiger partial charge < -0.3 is 10.3 Å². The molecule has 0 aromatic carbocycles. The maximum atomic E-state index is 6.33. The summed E-state index contributed by atoms with van der Waals surface area (Å²) in [7, 11) is 0. The first-order valence-electron chi connectivity index (χ1n) is 6.75. The smallest absolute Gasteiger partial charge is 0.144 e. The Morgan fingerprint density at radius 3 is 3.00 bits per heavy atom. The van der Waals surface area contributed by atoms with Gasteiger partial charge in [0, 0.05) is 17.4 Å². The molecule has 0 saturated heterocycles. The van der Waals surface area contributed by atoms with Crippen molar-refractivity contribution in [1.29, 1.82) is 0 Å². The van der Waals surface area contributed by atoms with Crippen LogP contribution in [0.2, 0.25) is 0 Å². The van der Waals surface area contributed by atoms with E-state index in [9.17, 15) is 0 Å². The van der Waals surface area contributed by atoms with Crippen molar-refractivity contribution >= 4 is 0 Å². The van der Waals surface area contributed by atoms with Crippen LogP contribution in [0.15, 0.2) is 12.4 Å². The van der Waals surface area contributed by atoms with Crippen LogP contribution in [0.1, 0.15) is 49.1 Å². The Labute approximate surface area is 113 Å². The second kappa shape index (κ2) is 4.20. The third kappa shape index (κ3) is 2.18. The Bertz CT molecular complexity index is 579. The van der Waals surface area contributed by atoms with E-state index in [4.69, 9.17) is 5.73 Å². The van der Waals surface area contributed by atoms with Crippen LogP contribution in [-0.2, 0) is 13.0 Å². The Morgan fingerprint density at radius 1 is 1.53 bits per heavy atom. The predicted molar refractivity (Wildman–Crippen MR) is 73.7 cm³/mol. The molecule has 0 bridgehead atoms. The van der Waals surface area contributed by atoms with Gasteiger partial charge in [-0.15, -0.1) is 0 Å². The maximum absolute atomic E-state index is 6.33. The molecular formula is C14H21N5. The summed E-state index contributed by atoms with van der Waals surface area (Å²) in [6, 6.07) is 2.37. The molecule has 5 nitrogen and oxygen atoms in total. The number of nitrogens with zero attached hydrogens (tertiary/aromatic N) is 3. The predicted octanol–water partition coefficient (Wildman–Crippen LogP) is 1.94. The number of hydrogen-bond acceptors (Lipinski definition) is 3. The van der Waals surface area contributed by atoms with Crippen molar-refractivity contribution in [2.24, 2.45) is 11.1 Å². The average molecular weight is 259 g/mol. The molecule has 3 rings (SSSR count). The first-order valence-corrected chi connectivity index (χ1v) is 6.75. The first kappa shape index (κ1) is 12.4. The molecule has 102 valence electrons. The molecule has 0 radical (unpaired) electrons. The summed E-state index contributed by atoms with van der Waals surface area (Å²) in [6.45, 7) is 7.45. The molecule has 3 N–H and O–H groups in total. The van der Waals surface area contributed by atoms with Crippen LogP contribution in [-0.4, -0.2) is 19.7 Å². The quantitative estimate of drug-likeness (QED) is 0.865. The van der Waals surface area contributed by atoms with Gasteiger partial charge in [-0.25, -0.2) is 4.98 Å². The van der Waals surface area contributed by atoms with Crippen LogP contribution >= 0.6 is 0 Å². The number of H-pyrrole nitrogens is 1. The highest BCUT2D eigenvalue weighted by Gasteiger charge is 2.33. The van der Waals surface area contributed by atoms with Gasteiger partial charge in [0.25, 0.3) is 0 Å². The number of aromatic amines is 1. The molecular weight excluding hydrogens is 238 g/mol. The number of aromatic nitrogens is 4. The number of aryl methyl sites for hydroxylation is 1. The van der Waals surface area contributed by atoms with Gasteiger partial charge in [0.05, 0.1) is 6.54 Å². The molecule has 0 saturated carbocycles. The molecule has 0 fully saturated rings. The summed E-state index contributed by atoms with van der Waals surface area (Å²) < 4.78 is 2.32. The van der Waals surface area contributed by atoms with E-state index in [-0.39, 0.29) is 11.5 Å². The highest BCUT2D eigenvalue weighted by Crippen LogP contribution is 2.40. The van der Waals surface area contributed by atoms with Gasteiger partial charge in [0.2, 0.25) is 0 Å². The van der Waals surface area contributed by atoms with Crippen molar-refractivity contribution in [3.8, 4) is 0 Å². The highest BCUT2D eigenvalue weighted by atomic mass is 15.2. The summed E-state index contributed by atoms with van der Waals surface area (Å²) in [6.07, 6.45) is 3.67. The van der Waals surface area contributed by atoms with Crippen LogP contribution in [0, 0.1) is 12.3 Å². The maximum Gasteiger partial charge on any atom is 0.144 e. The van der Waals surface area contributed by atoms with E-state index in [1.807, 2.05) is 0 Å². The lowest BCUT2D eigenvalue weighted by Gasteiger charge is -2.34. The summed E-state index contributed by atoms with van der Waals surface area (Å²) in [5, 5.41) is 6.84. The minimum absolute atomic E-state index is 0.147. The molecule has 2 aromatic rings. The van der Waals surface area contributed by atoms with Crippen LogP contribution in [0.4, 0.5) is 0 Å². The number of nitrogens with two attached hydrogens (primary N) is 1. The van der Waals surface area contributed by atoms with Crippen LogP contribution < -0.4 is 5.73 Å².